The molecule has 0 radical (unpaired) electrons. The van der Waals surface area contributed by atoms with Crippen LogP contribution in [0.3, 0.4) is 0 Å². The molecule has 0 spiro atoms. The molecule has 0 aromatic heterocycles. The van der Waals surface area contributed by atoms with Gasteiger partial charge in [-0.2, -0.15) is 0 Å². The normalized spacial score (nSPS) is 8.33. The van der Waals surface area contributed by atoms with Crippen LogP contribution in [-0.4, -0.2) is 11.7 Å². The van der Waals surface area contributed by atoms with E-state index < -0.39 is 0 Å². The SMILES string of the molecule is C#CCCCCCCC#CCO. The van der Waals surface area contributed by atoms with Gasteiger partial charge >= 0.3 is 0 Å². The summed E-state index contributed by atoms with van der Waals surface area (Å²) in [5.74, 6) is 8.13. The van der Waals surface area contributed by atoms with Crippen molar-refractivity contribution in [3.63, 3.8) is 0 Å². The molecule has 0 rings (SSSR count). The number of aliphatic hydroxyl groups excluding tert-OH is 1. The molecule has 0 saturated heterocycles. The Morgan fingerprint density at radius 1 is 0.917 bits per heavy atom. The number of aliphatic hydroxyl groups is 1. The Morgan fingerprint density at radius 3 is 2.17 bits per heavy atom. The van der Waals surface area contributed by atoms with Crippen molar-refractivity contribution in [2.24, 2.45) is 0 Å². The van der Waals surface area contributed by atoms with E-state index in [1.54, 1.807) is 0 Å². The predicted octanol–water partition coefficient (Wildman–Crippen LogP) is 1.96. The fourth-order valence-corrected chi connectivity index (χ4v) is 0.938. The molecule has 0 aromatic rings. The summed E-state index contributed by atoms with van der Waals surface area (Å²) < 4.78 is 0. The van der Waals surface area contributed by atoms with Gasteiger partial charge in [-0.1, -0.05) is 18.8 Å². The lowest BCUT2D eigenvalue weighted by molar-refractivity contribution is 0.350. The van der Waals surface area contributed by atoms with E-state index >= 15 is 0 Å². The molecule has 0 aromatic carbocycles. The molecule has 0 unspecified atom stereocenters. The molecule has 0 aliphatic rings. The van der Waals surface area contributed by atoms with Gasteiger partial charge in [0.25, 0.3) is 0 Å². The summed E-state index contributed by atoms with van der Waals surface area (Å²) in [7, 11) is 0. The van der Waals surface area contributed by atoms with Crippen molar-refractivity contribution in [1.29, 1.82) is 0 Å². The van der Waals surface area contributed by atoms with Crippen molar-refractivity contribution in [1.82, 2.24) is 0 Å². The third kappa shape index (κ3) is 9.08. The Kier molecular flexibility index (Phi) is 9.31. The van der Waals surface area contributed by atoms with E-state index in [9.17, 15) is 0 Å². The van der Waals surface area contributed by atoms with E-state index in [4.69, 9.17) is 11.5 Å². The molecule has 12 heavy (non-hydrogen) atoms. The van der Waals surface area contributed by atoms with Gasteiger partial charge in [0.1, 0.15) is 6.61 Å². The van der Waals surface area contributed by atoms with Crippen molar-refractivity contribution in [2.75, 3.05) is 6.61 Å². The Labute approximate surface area is 75.2 Å². The molecule has 0 bridgehead atoms. The summed E-state index contributed by atoms with van der Waals surface area (Å²) in [5.41, 5.74) is 0. The van der Waals surface area contributed by atoms with Crippen LogP contribution >= 0.6 is 0 Å². The minimum Gasteiger partial charge on any atom is -0.384 e. The van der Waals surface area contributed by atoms with Crippen molar-refractivity contribution < 1.29 is 5.11 Å². The Hall–Kier alpha value is -0.920. The number of rotatable bonds is 5. The molecule has 1 nitrogen and oxygen atoms in total. The zero-order valence-corrected chi connectivity index (χ0v) is 7.47. The molecule has 1 heteroatoms. The van der Waals surface area contributed by atoms with Crippen LogP contribution in [0, 0.1) is 24.2 Å². The Morgan fingerprint density at radius 2 is 1.58 bits per heavy atom. The number of hydrogen-bond donors (Lipinski definition) is 1. The van der Waals surface area contributed by atoms with E-state index in [1.807, 2.05) is 0 Å². The molecule has 0 fully saturated rings. The molecular weight excluding hydrogens is 148 g/mol. The smallest absolute Gasteiger partial charge is 0.104 e. The minimum absolute atomic E-state index is 0.0168. The van der Waals surface area contributed by atoms with Crippen LogP contribution in [0.4, 0.5) is 0 Å². The van der Waals surface area contributed by atoms with Gasteiger partial charge in [-0.3, -0.25) is 0 Å². The molecule has 0 saturated carbocycles. The predicted molar refractivity (Wildman–Crippen MR) is 51.4 cm³/mol. The average Bonchev–Trinajstić information content (AvgIpc) is 2.10. The van der Waals surface area contributed by atoms with Crippen LogP contribution in [0.1, 0.15) is 38.5 Å². The van der Waals surface area contributed by atoms with Gasteiger partial charge in [-0.15, -0.1) is 18.3 Å². The lowest BCUT2D eigenvalue weighted by atomic mass is 10.1. The van der Waals surface area contributed by atoms with Gasteiger partial charge < -0.3 is 5.11 Å². The molecule has 0 aliphatic heterocycles. The van der Waals surface area contributed by atoms with Crippen LogP contribution in [-0.2, 0) is 0 Å². The van der Waals surface area contributed by atoms with Crippen LogP contribution in [0.5, 0.6) is 0 Å². The van der Waals surface area contributed by atoms with Gasteiger partial charge in [-0.05, 0) is 12.8 Å². The lowest BCUT2D eigenvalue weighted by Gasteiger charge is -1.93. The molecular formula is C11H16O. The zero-order valence-electron chi connectivity index (χ0n) is 7.47. The molecule has 0 aliphatic carbocycles. The first-order chi connectivity index (χ1) is 5.91. The number of terminal acetylenes is 1. The maximum absolute atomic E-state index is 8.34. The van der Waals surface area contributed by atoms with Crippen molar-refractivity contribution in [2.45, 2.75) is 38.5 Å². The number of unbranched alkanes of at least 4 members (excludes halogenated alkanes) is 5. The van der Waals surface area contributed by atoms with E-state index in [1.165, 1.54) is 12.8 Å². The Balaban J connectivity index is 2.97. The fraction of sp³-hybridized carbons (Fsp3) is 0.636. The van der Waals surface area contributed by atoms with Gasteiger partial charge in [0, 0.05) is 12.8 Å². The largest absolute Gasteiger partial charge is 0.384 e. The zero-order chi connectivity index (χ0) is 9.07. The van der Waals surface area contributed by atoms with E-state index in [0.717, 1.165) is 25.7 Å². The highest BCUT2D eigenvalue weighted by atomic mass is 16.2. The summed E-state index contributed by atoms with van der Waals surface area (Å²) in [6, 6.07) is 0. The topological polar surface area (TPSA) is 20.2 Å². The maximum atomic E-state index is 8.34. The van der Waals surface area contributed by atoms with Crippen molar-refractivity contribution in [3.05, 3.63) is 0 Å². The average molecular weight is 164 g/mol. The van der Waals surface area contributed by atoms with Gasteiger partial charge in [0.05, 0.1) is 0 Å². The first-order valence-corrected chi connectivity index (χ1v) is 4.42. The van der Waals surface area contributed by atoms with Crippen LogP contribution in [0.2, 0.25) is 0 Å². The molecule has 0 heterocycles. The summed E-state index contributed by atoms with van der Waals surface area (Å²) in [4.78, 5) is 0. The van der Waals surface area contributed by atoms with Gasteiger partial charge in [0.15, 0.2) is 0 Å². The van der Waals surface area contributed by atoms with Crippen LogP contribution in [0.25, 0.3) is 0 Å². The first-order valence-electron chi connectivity index (χ1n) is 4.42. The molecule has 1 N–H and O–H groups in total. The second-order valence-electron chi connectivity index (χ2n) is 2.63. The summed E-state index contributed by atoms with van der Waals surface area (Å²) >= 11 is 0. The fourth-order valence-electron chi connectivity index (χ4n) is 0.938. The molecule has 66 valence electrons. The highest BCUT2D eigenvalue weighted by Gasteiger charge is 1.86. The minimum atomic E-state index is -0.0168. The second kappa shape index (κ2) is 10.1. The van der Waals surface area contributed by atoms with Crippen LogP contribution < -0.4 is 0 Å². The molecule has 0 amide bonds. The van der Waals surface area contributed by atoms with E-state index in [0.29, 0.717) is 0 Å². The Bertz CT molecular complexity index is 177. The third-order valence-corrected chi connectivity index (χ3v) is 1.58. The monoisotopic (exact) mass is 164 g/mol. The quantitative estimate of drug-likeness (QED) is 0.486. The molecule has 0 atom stereocenters. The first kappa shape index (κ1) is 11.1. The summed E-state index contributed by atoms with van der Waals surface area (Å²) in [6.45, 7) is -0.0168. The van der Waals surface area contributed by atoms with Crippen LogP contribution in [0.15, 0.2) is 0 Å². The van der Waals surface area contributed by atoms with Crippen molar-refractivity contribution >= 4 is 0 Å². The highest BCUT2D eigenvalue weighted by molar-refractivity contribution is 4.98. The van der Waals surface area contributed by atoms with Gasteiger partial charge in [-0.25, -0.2) is 0 Å². The van der Waals surface area contributed by atoms with E-state index in [2.05, 4.69) is 17.8 Å². The third-order valence-electron chi connectivity index (χ3n) is 1.58. The van der Waals surface area contributed by atoms with Crippen molar-refractivity contribution in [3.8, 4) is 24.2 Å². The highest BCUT2D eigenvalue weighted by Crippen LogP contribution is 2.03. The summed E-state index contributed by atoms with van der Waals surface area (Å²) in [6.07, 6.45) is 11.5. The number of hydrogen-bond acceptors (Lipinski definition) is 1. The van der Waals surface area contributed by atoms with Gasteiger partial charge in [0.2, 0.25) is 0 Å². The maximum Gasteiger partial charge on any atom is 0.104 e. The van der Waals surface area contributed by atoms with E-state index in [-0.39, 0.29) is 6.61 Å². The second-order valence-corrected chi connectivity index (χ2v) is 2.63. The lowest BCUT2D eigenvalue weighted by Crippen LogP contribution is -1.77. The standard InChI is InChI=1S/C11H16O/c1-2-3-4-5-6-7-8-9-10-11-12/h1,12H,3-8,11H2. The summed E-state index contributed by atoms with van der Waals surface area (Å²) in [5, 5.41) is 8.34.